The van der Waals surface area contributed by atoms with Gasteiger partial charge in [0.15, 0.2) is 0 Å². The highest BCUT2D eigenvalue weighted by Crippen LogP contribution is 2.68. The van der Waals surface area contributed by atoms with E-state index in [1.807, 2.05) is 0 Å². The molecule has 2 aromatic rings. The highest BCUT2D eigenvalue weighted by molar-refractivity contribution is 8.47. The highest BCUT2D eigenvalue weighted by atomic mass is 32.3. The van der Waals surface area contributed by atoms with Gasteiger partial charge in [-0.3, -0.25) is 4.98 Å². The molecule has 124 valence electrons. The zero-order valence-electron chi connectivity index (χ0n) is 15.3. The van der Waals surface area contributed by atoms with Gasteiger partial charge in [0.05, 0.1) is 16.0 Å². The fraction of sp³-hybridized carbons (Fsp3) is 0.526. The van der Waals surface area contributed by atoms with E-state index < -0.39 is 20.1 Å². The van der Waals surface area contributed by atoms with Crippen molar-refractivity contribution in [3.8, 4) is 0 Å². The third-order valence-electron chi connectivity index (χ3n) is 3.86. The summed E-state index contributed by atoms with van der Waals surface area (Å²) in [7, 11) is -1.42. The summed E-state index contributed by atoms with van der Waals surface area (Å²) in [4.78, 5) is 5.18. The smallest absolute Gasteiger partial charge is 0.0614 e. The summed E-state index contributed by atoms with van der Waals surface area (Å²) in [5.41, 5.74) is 2.57. The van der Waals surface area contributed by atoms with E-state index in [1.54, 1.807) is 0 Å². The normalized spacial score (nSPS) is 14.8. The Morgan fingerprint density at radius 1 is 0.864 bits per heavy atom. The summed E-state index contributed by atoms with van der Waals surface area (Å²) in [5, 5.41) is 2.65. The van der Waals surface area contributed by atoms with Crippen LogP contribution in [0.25, 0.3) is 10.8 Å². The van der Waals surface area contributed by atoms with Crippen molar-refractivity contribution in [1.82, 2.24) is 4.98 Å². The second-order valence-corrected chi connectivity index (χ2v) is 17.0. The summed E-state index contributed by atoms with van der Waals surface area (Å²) in [6.07, 6.45) is 14.6. The van der Waals surface area contributed by atoms with E-state index in [2.05, 4.69) is 81.7 Å². The SMILES string of the molecule is CC(C)c1nc(C(S(C)(C)C)S(C)(C)C)cc2ccccc12. The third-order valence-corrected chi connectivity index (χ3v) is 10.4. The maximum absolute atomic E-state index is 5.18. The molecule has 0 spiro atoms. The van der Waals surface area contributed by atoms with E-state index in [9.17, 15) is 0 Å². The minimum absolute atomic E-state index is 0.454. The average Bonchev–Trinajstić information content (AvgIpc) is 2.34. The third kappa shape index (κ3) is 3.62. The molecule has 0 atom stereocenters. The number of benzene rings is 1. The quantitative estimate of drug-likeness (QED) is 0.692. The zero-order chi connectivity index (χ0) is 16.7. The van der Waals surface area contributed by atoms with Crippen molar-refractivity contribution < 1.29 is 0 Å². The van der Waals surface area contributed by atoms with Crippen LogP contribution in [0.3, 0.4) is 0 Å². The Balaban J connectivity index is 2.74. The van der Waals surface area contributed by atoms with Crippen LogP contribution in [0, 0.1) is 0 Å². The van der Waals surface area contributed by atoms with Gasteiger partial charge in [-0.05, 0) is 54.9 Å². The molecule has 1 aromatic heterocycles. The first-order chi connectivity index (χ1) is 10.0. The van der Waals surface area contributed by atoms with Gasteiger partial charge in [-0.25, -0.2) is 20.1 Å². The fourth-order valence-electron chi connectivity index (χ4n) is 3.40. The molecule has 0 amide bonds. The standard InChI is InChI=1S/C19H31NS2/c1-14(2)18-16-12-10-9-11-15(16)13-17(20-18)19(21(3,4)5)22(6,7)8/h9-14,19H,1-8H3. The monoisotopic (exact) mass is 337 g/mol. The lowest BCUT2D eigenvalue weighted by atomic mass is 10.0. The molecule has 0 fully saturated rings. The number of pyridine rings is 1. The molecule has 0 aliphatic rings. The molecule has 22 heavy (non-hydrogen) atoms. The van der Waals surface area contributed by atoms with Gasteiger partial charge in [0.25, 0.3) is 0 Å². The molecular formula is C19H31NS2. The Bertz CT molecular complexity index is 649. The zero-order valence-corrected chi connectivity index (χ0v) is 16.9. The van der Waals surface area contributed by atoms with Crippen molar-refractivity contribution in [2.45, 2.75) is 24.3 Å². The van der Waals surface area contributed by atoms with E-state index in [0.29, 0.717) is 10.5 Å². The minimum Gasteiger partial charge on any atom is -0.255 e. The molecule has 2 rings (SSSR count). The van der Waals surface area contributed by atoms with Gasteiger partial charge >= 0.3 is 0 Å². The molecule has 0 aliphatic carbocycles. The predicted octanol–water partition coefficient (Wildman–Crippen LogP) is 5.74. The molecule has 0 saturated heterocycles. The number of hydrogen-bond donors (Lipinski definition) is 0. The van der Waals surface area contributed by atoms with E-state index in [1.165, 1.54) is 22.2 Å². The van der Waals surface area contributed by atoms with Crippen LogP contribution >= 0.6 is 20.1 Å². The molecule has 0 unspecified atom stereocenters. The van der Waals surface area contributed by atoms with Crippen molar-refractivity contribution in [1.29, 1.82) is 0 Å². The van der Waals surface area contributed by atoms with Gasteiger partial charge in [-0.1, -0.05) is 38.1 Å². The Kier molecular flexibility index (Phi) is 4.89. The van der Waals surface area contributed by atoms with Crippen LogP contribution in [0.5, 0.6) is 0 Å². The van der Waals surface area contributed by atoms with E-state index in [0.717, 1.165) is 0 Å². The van der Waals surface area contributed by atoms with Crippen molar-refractivity contribution in [3.05, 3.63) is 41.7 Å². The second-order valence-electron chi connectivity index (χ2n) is 8.00. The summed E-state index contributed by atoms with van der Waals surface area (Å²) in [6.45, 7) is 4.50. The lowest BCUT2D eigenvalue weighted by Crippen LogP contribution is -2.16. The second kappa shape index (κ2) is 6.09. The first-order valence-corrected chi connectivity index (χ1v) is 13.6. The minimum atomic E-state index is -0.712. The topological polar surface area (TPSA) is 12.9 Å². The number of nitrogens with zero attached hydrogens (tertiary/aromatic N) is 1. The molecule has 0 radical (unpaired) electrons. The van der Waals surface area contributed by atoms with Crippen LogP contribution in [0.4, 0.5) is 0 Å². The van der Waals surface area contributed by atoms with Crippen LogP contribution in [-0.4, -0.2) is 42.5 Å². The summed E-state index contributed by atoms with van der Waals surface area (Å²) in [6, 6.07) is 11.1. The molecule has 0 bridgehead atoms. The fourth-order valence-corrected chi connectivity index (χ4v) is 12.0. The Hall–Kier alpha value is -0.670. The van der Waals surface area contributed by atoms with Crippen molar-refractivity contribution in [2.75, 3.05) is 37.5 Å². The lowest BCUT2D eigenvalue weighted by molar-refractivity contribution is 0.825. The molecular weight excluding hydrogens is 306 g/mol. The summed E-state index contributed by atoms with van der Waals surface area (Å²) < 4.78 is 0.585. The average molecular weight is 338 g/mol. The van der Waals surface area contributed by atoms with E-state index >= 15 is 0 Å². The first-order valence-electron chi connectivity index (χ1n) is 7.75. The number of fused-ring (bicyclic) bond motifs is 1. The van der Waals surface area contributed by atoms with Crippen LogP contribution in [0.1, 0.15) is 35.7 Å². The lowest BCUT2D eigenvalue weighted by Gasteiger charge is -2.47. The van der Waals surface area contributed by atoms with Gasteiger partial charge in [-0.2, -0.15) is 0 Å². The van der Waals surface area contributed by atoms with Crippen LogP contribution in [0.2, 0.25) is 0 Å². The molecule has 1 heterocycles. The summed E-state index contributed by atoms with van der Waals surface area (Å²) in [5.74, 6) is 0.454. The molecule has 0 N–H and O–H groups in total. The van der Waals surface area contributed by atoms with Crippen LogP contribution in [-0.2, 0) is 0 Å². The number of rotatable bonds is 4. The maximum Gasteiger partial charge on any atom is 0.0614 e. The van der Waals surface area contributed by atoms with Crippen LogP contribution < -0.4 is 0 Å². The van der Waals surface area contributed by atoms with Gasteiger partial charge in [-0.15, -0.1) is 0 Å². The van der Waals surface area contributed by atoms with Crippen molar-refractivity contribution in [3.63, 3.8) is 0 Å². The largest absolute Gasteiger partial charge is 0.255 e. The van der Waals surface area contributed by atoms with Gasteiger partial charge < -0.3 is 0 Å². The first kappa shape index (κ1) is 17.7. The van der Waals surface area contributed by atoms with Crippen molar-refractivity contribution >= 4 is 30.8 Å². The van der Waals surface area contributed by atoms with Crippen LogP contribution in [0.15, 0.2) is 30.3 Å². The van der Waals surface area contributed by atoms with Gasteiger partial charge in [0, 0.05) is 5.39 Å². The number of aromatic nitrogens is 1. The molecule has 0 saturated carbocycles. The van der Waals surface area contributed by atoms with Gasteiger partial charge in [0.2, 0.25) is 0 Å². The molecule has 1 nitrogen and oxygen atoms in total. The highest BCUT2D eigenvalue weighted by Gasteiger charge is 2.32. The van der Waals surface area contributed by atoms with E-state index in [4.69, 9.17) is 4.98 Å². The molecule has 3 heteroatoms. The molecule has 1 aromatic carbocycles. The molecule has 0 aliphatic heterocycles. The van der Waals surface area contributed by atoms with E-state index in [-0.39, 0.29) is 0 Å². The summed E-state index contributed by atoms with van der Waals surface area (Å²) >= 11 is 0. The maximum atomic E-state index is 5.18. The Labute approximate surface area is 139 Å². The number of hydrogen-bond acceptors (Lipinski definition) is 1. The Morgan fingerprint density at radius 3 is 1.91 bits per heavy atom. The van der Waals surface area contributed by atoms with Gasteiger partial charge in [0.1, 0.15) is 0 Å². The van der Waals surface area contributed by atoms with Crippen molar-refractivity contribution in [2.24, 2.45) is 0 Å². The Morgan fingerprint density at radius 2 is 1.41 bits per heavy atom. The predicted molar refractivity (Wildman–Crippen MR) is 109 cm³/mol.